The summed E-state index contributed by atoms with van der Waals surface area (Å²) in [4.78, 5) is 18.9. The van der Waals surface area contributed by atoms with Crippen LogP contribution in [0.3, 0.4) is 0 Å². The number of aliphatic hydroxyl groups is 1. The van der Waals surface area contributed by atoms with Crippen LogP contribution in [0.25, 0.3) is 0 Å². The van der Waals surface area contributed by atoms with Crippen molar-refractivity contribution in [2.75, 3.05) is 13.2 Å². The number of ether oxygens (including phenoxy) is 2. The minimum absolute atomic E-state index is 0.0491. The highest BCUT2D eigenvalue weighted by atomic mass is 79.9. The number of hydrogen-bond acceptors (Lipinski definition) is 6. The van der Waals surface area contributed by atoms with Crippen molar-refractivity contribution in [2.24, 2.45) is 4.99 Å². The molecule has 0 saturated heterocycles. The van der Waals surface area contributed by atoms with Gasteiger partial charge in [-0.2, -0.15) is 0 Å². The molecule has 0 saturated carbocycles. The fraction of sp³-hybridized carbons (Fsp3) is 0.310. The number of benzene rings is 3. The molecule has 2 atom stereocenters. The summed E-state index contributed by atoms with van der Waals surface area (Å²) >= 11 is 3.49. The van der Waals surface area contributed by atoms with Gasteiger partial charge in [0.1, 0.15) is 5.75 Å². The van der Waals surface area contributed by atoms with E-state index in [9.17, 15) is 4.79 Å². The first-order valence-corrected chi connectivity index (χ1v) is 13.2. The van der Waals surface area contributed by atoms with Gasteiger partial charge >= 0.3 is 0 Å². The number of aliphatic imine (C=N–C) groups is 1. The monoisotopic (exact) mass is 565 g/mol. The summed E-state index contributed by atoms with van der Waals surface area (Å²) < 4.78 is 13.1. The summed E-state index contributed by atoms with van der Waals surface area (Å²) in [6, 6.07) is 25.1. The Bertz CT molecular complexity index is 1200. The average Bonchev–Trinajstić information content (AvgIpc) is 3.30. The summed E-state index contributed by atoms with van der Waals surface area (Å²) in [6.45, 7) is 4.43. The summed E-state index contributed by atoms with van der Waals surface area (Å²) in [5, 5.41) is 8.98. The Morgan fingerprint density at radius 2 is 1.78 bits per heavy atom. The molecule has 0 spiro atoms. The third kappa shape index (κ3) is 6.57. The zero-order valence-corrected chi connectivity index (χ0v) is 22.6. The second-order valence-electron chi connectivity index (χ2n) is 9.26. The molecule has 1 heterocycles. The van der Waals surface area contributed by atoms with Gasteiger partial charge in [0.05, 0.1) is 6.61 Å². The van der Waals surface area contributed by atoms with E-state index in [-0.39, 0.29) is 18.6 Å². The van der Waals surface area contributed by atoms with Crippen LogP contribution in [-0.4, -0.2) is 41.7 Å². The molecule has 1 aliphatic heterocycles. The van der Waals surface area contributed by atoms with Gasteiger partial charge in [0.15, 0.2) is 11.6 Å². The molecule has 3 aromatic rings. The van der Waals surface area contributed by atoms with Crippen molar-refractivity contribution in [2.45, 2.75) is 44.4 Å². The number of carbonyl (C=O) groups excluding carboxylic acids is 1. The topological polar surface area (TPSA) is 92.2 Å². The maximum atomic E-state index is 13.9. The van der Waals surface area contributed by atoms with Gasteiger partial charge in [0.2, 0.25) is 5.90 Å². The van der Waals surface area contributed by atoms with Gasteiger partial charge in [0.25, 0.3) is 5.91 Å². The molecule has 0 fully saturated rings. The molecule has 0 unspecified atom stereocenters. The maximum Gasteiger partial charge on any atom is 0.266 e. The number of nitrogens with one attached hydrogen (secondary N) is 2. The molecular formula is C29H32BrN3O4. The predicted molar refractivity (Wildman–Crippen MR) is 147 cm³/mol. The number of hydrogen-bond donors (Lipinski definition) is 3. The lowest BCUT2D eigenvalue weighted by molar-refractivity contribution is -0.130. The van der Waals surface area contributed by atoms with Gasteiger partial charge in [-0.25, -0.2) is 10.4 Å². The van der Waals surface area contributed by atoms with E-state index >= 15 is 0 Å². The molecule has 1 aliphatic rings. The van der Waals surface area contributed by atoms with Crippen LogP contribution in [0, 0.1) is 0 Å². The Kier molecular flexibility index (Phi) is 8.97. The van der Waals surface area contributed by atoms with Crippen molar-refractivity contribution in [3.8, 4) is 5.75 Å². The van der Waals surface area contributed by atoms with Crippen molar-refractivity contribution in [1.82, 2.24) is 10.9 Å². The summed E-state index contributed by atoms with van der Waals surface area (Å²) in [7, 11) is 0. The highest BCUT2D eigenvalue weighted by Gasteiger charge is 2.53. The van der Waals surface area contributed by atoms with E-state index < -0.39 is 11.6 Å². The molecule has 8 heteroatoms. The third-order valence-corrected chi connectivity index (χ3v) is 6.52. The van der Waals surface area contributed by atoms with Crippen LogP contribution < -0.4 is 15.6 Å². The molecule has 3 aromatic carbocycles. The van der Waals surface area contributed by atoms with E-state index in [2.05, 4.69) is 26.8 Å². The average molecular weight is 566 g/mol. The highest BCUT2D eigenvalue weighted by molar-refractivity contribution is 9.10. The van der Waals surface area contributed by atoms with Crippen molar-refractivity contribution in [3.63, 3.8) is 0 Å². The van der Waals surface area contributed by atoms with Crippen LogP contribution in [0.5, 0.6) is 5.75 Å². The SMILES string of the molecule is CC(C)NNC(=O)[C@@]1(Cc2ccc(Br)cc2)N=C(c2ccc(OCCCO)cc2)O[C@H]1c1ccccc1. The Hall–Kier alpha value is -3.20. The molecule has 7 nitrogen and oxygen atoms in total. The van der Waals surface area contributed by atoms with Crippen LogP contribution in [0.15, 0.2) is 88.3 Å². The molecule has 1 amide bonds. The van der Waals surface area contributed by atoms with Gasteiger partial charge in [-0.15, -0.1) is 0 Å². The lowest BCUT2D eigenvalue weighted by atomic mass is 9.82. The van der Waals surface area contributed by atoms with Crippen molar-refractivity contribution < 1.29 is 19.4 Å². The minimum Gasteiger partial charge on any atom is -0.494 e. The number of carbonyl (C=O) groups is 1. The summed E-state index contributed by atoms with van der Waals surface area (Å²) in [5.41, 5.74) is 7.24. The van der Waals surface area contributed by atoms with Crippen LogP contribution >= 0.6 is 15.9 Å². The van der Waals surface area contributed by atoms with Crippen LogP contribution in [0.4, 0.5) is 0 Å². The molecule has 0 aliphatic carbocycles. The molecule has 4 rings (SSSR count). The van der Waals surface area contributed by atoms with Gasteiger partial charge < -0.3 is 14.6 Å². The molecule has 37 heavy (non-hydrogen) atoms. The quantitative estimate of drug-likeness (QED) is 0.231. The number of nitrogens with zero attached hydrogens (tertiary/aromatic N) is 1. The predicted octanol–water partition coefficient (Wildman–Crippen LogP) is 4.74. The second-order valence-corrected chi connectivity index (χ2v) is 10.2. The third-order valence-electron chi connectivity index (χ3n) is 5.99. The lowest BCUT2D eigenvalue weighted by Crippen LogP contribution is -2.55. The Labute approximate surface area is 226 Å². The number of halogens is 1. The number of hydrazine groups is 1. The van der Waals surface area contributed by atoms with Crippen LogP contribution in [0.1, 0.15) is 43.1 Å². The zero-order valence-electron chi connectivity index (χ0n) is 21.0. The van der Waals surface area contributed by atoms with Crippen molar-refractivity contribution in [1.29, 1.82) is 0 Å². The fourth-order valence-corrected chi connectivity index (χ4v) is 4.41. The number of amides is 1. The standard InChI is InChI=1S/C29H32BrN3O4/c1-20(2)32-33-28(35)29(19-21-9-13-24(30)14-10-21)26(22-7-4-3-5-8-22)37-27(31-29)23-11-15-25(16-12-23)36-18-6-17-34/h3-5,7-16,20,26,32,34H,6,17-19H2,1-2H3,(H,33,35)/t26-,29-/m0/s1. The molecule has 0 bridgehead atoms. The van der Waals surface area contributed by atoms with Crippen LogP contribution in [0.2, 0.25) is 0 Å². The summed E-state index contributed by atoms with van der Waals surface area (Å²) in [6.07, 6.45) is 0.271. The highest BCUT2D eigenvalue weighted by Crippen LogP contribution is 2.42. The zero-order chi connectivity index (χ0) is 26.3. The maximum absolute atomic E-state index is 13.9. The first-order valence-electron chi connectivity index (χ1n) is 12.4. The molecule has 194 valence electrons. The van der Waals surface area contributed by atoms with E-state index in [1.54, 1.807) is 0 Å². The smallest absolute Gasteiger partial charge is 0.266 e. The van der Waals surface area contributed by atoms with Gasteiger partial charge in [-0.1, -0.05) is 58.4 Å². The largest absolute Gasteiger partial charge is 0.494 e. The van der Waals surface area contributed by atoms with Gasteiger partial charge in [-0.3, -0.25) is 10.2 Å². The molecule has 3 N–H and O–H groups in total. The number of aliphatic hydroxyl groups excluding tert-OH is 1. The summed E-state index contributed by atoms with van der Waals surface area (Å²) in [5.74, 6) is 0.819. The van der Waals surface area contributed by atoms with E-state index in [1.807, 2.05) is 92.7 Å². The Balaban J connectivity index is 1.75. The van der Waals surface area contributed by atoms with E-state index in [1.165, 1.54) is 0 Å². The molecular weight excluding hydrogens is 534 g/mol. The fourth-order valence-electron chi connectivity index (χ4n) is 4.14. The van der Waals surface area contributed by atoms with E-state index in [0.29, 0.717) is 31.1 Å². The molecule has 0 radical (unpaired) electrons. The number of rotatable bonds is 11. The van der Waals surface area contributed by atoms with Crippen LogP contribution in [-0.2, 0) is 16.0 Å². The van der Waals surface area contributed by atoms with Gasteiger partial charge in [0, 0.05) is 35.5 Å². The second kappa shape index (κ2) is 12.4. The first-order chi connectivity index (χ1) is 17.9. The Morgan fingerprint density at radius 1 is 1.08 bits per heavy atom. The normalized spacial score (nSPS) is 18.8. The lowest BCUT2D eigenvalue weighted by Gasteiger charge is -2.31. The Morgan fingerprint density at radius 3 is 2.43 bits per heavy atom. The van der Waals surface area contributed by atoms with E-state index in [4.69, 9.17) is 19.6 Å². The van der Waals surface area contributed by atoms with Crippen molar-refractivity contribution >= 4 is 27.7 Å². The van der Waals surface area contributed by atoms with E-state index in [0.717, 1.165) is 21.2 Å². The van der Waals surface area contributed by atoms with Crippen molar-refractivity contribution in [3.05, 3.63) is 100 Å². The van der Waals surface area contributed by atoms with Gasteiger partial charge in [-0.05, 0) is 61.4 Å². The first kappa shape index (κ1) is 26.9. The molecule has 0 aromatic heterocycles. The minimum atomic E-state index is -1.25.